The Labute approximate surface area is 222 Å². The van der Waals surface area contributed by atoms with Crippen molar-refractivity contribution in [1.29, 1.82) is 0 Å². The number of carbonyl (C=O) groups excluding carboxylic acids is 2. The molecule has 2 heterocycles. The molecule has 0 radical (unpaired) electrons. The molecule has 2 aliphatic heterocycles. The summed E-state index contributed by atoms with van der Waals surface area (Å²) in [5.41, 5.74) is 0. The van der Waals surface area contributed by atoms with Gasteiger partial charge in [-0.25, -0.2) is 4.79 Å². The van der Waals surface area contributed by atoms with Crippen LogP contribution in [-0.2, 0) is 23.8 Å². The summed E-state index contributed by atoms with van der Waals surface area (Å²) in [6.07, 6.45) is 8.95. The highest BCUT2D eigenvalue weighted by atomic mass is 16.7. The molecule has 8 heteroatoms. The summed E-state index contributed by atoms with van der Waals surface area (Å²) < 4.78 is 18.1. The van der Waals surface area contributed by atoms with Gasteiger partial charge in [0.1, 0.15) is 12.2 Å². The largest absolute Gasteiger partial charge is 0.459 e. The summed E-state index contributed by atoms with van der Waals surface area (Å²) in [7, 11) is 3.85. The maximum atomic E-state index is 12.8. The molecular formula is C29H47NO7. The van der Waals surface area contributed by atoms with E-state index in [-0.39, 0.29) is 48.2 Å². The SMILES string of the molecule is CC[C@H]1OC(=O)/C=C/[C@H](C)[C@@H](O[C@@H]2O[C@@H](C)C[C@H](N(C)C)[C@@H]2O)[C@@H](C)C[C@@H](C)C(=O)/C=C/C=C/[C@@H]1CO. The topological polar surface area (TPSA) is 106 Å². The first-order chi connectivity index (χ1) is 17.5. The van der Waals surface area contributed by atoms with Gasteiger partial charge in [0, 0.05) is 29.9 Å². The molecular weight excluding hydrogens is 474 g/mol. The van der Waals surface area contributed by atoms with Crippen molar-refractivity contribution in [1.82, 2.24) is 4.90 Å². The molecule has 0 unspecified atom stereocenters. The zero-order chi connectivity index (χ0) is 27.7. The molecule has 37 heavy (non-hydrogen) atoms. The molecule has 0 aliphatic carbocycles. The number of esters is 1. The molecule has 0 aromatic heterocycles. The Morgan fingerprint density at radius 2 is 1.76 bits per heavy atom. The zero-order valence-corrected chi connectivity index (χ0v) is 23.4. The highest BCUT2D eigenvalue weighted by Crippen LogP contribution is 2.31. The number of rotatable bonds is 5. The average molecular weight is 522 g/mol. The van der Waals surface area contributed by atoms with E-state index in [0.29, 0.717) is 19.3 Å². The Kier molecular flexibility index (Phi) is 12.7. The molecule has 0 bridgehead atoms. The lowest BCUT2D eigenvalue weighted by molar-refractivity contribution is -0.277. The van der Waals surface area contributed by atoms with Gasteiger partial charge in [0.05, 0.1) is 18.8 Å². The minimum Gasteiger partial charge on any atom is -0.459 e. The number of ketones is 1. The zero-order valence-electron chi connectivity index (χ0n) is 23.4. The first-order valence-corrected chi connectivity index (χ1v) is 13.5. The summed E-state index contributed by atoms with van der Waals surface area (Å²) in [4.78, 5) is 27.4. The number of aliphatic hydroxyl groups excluding tert-OH is 2. The number of hydrogen-bond donors (Lipinski definition) is 2. The van der Waals surface area contributed by atoms with Crippen LogP contribution < -0.4 is 0 Å². The van der Waals surface area contributed by atoms with E-state index >= 15 is 0 Å². The van der Waals surface area contributed by atoms with E-state index in [2.05, 4.69) is 0 Å². The smallest absolute Gasteiger partial charge is 0.330 e. The minimum absolute atomic E-state index is 0.000183. The number of likely N-dealkylation sites (N-methyl/N-ethyl adjacent to an activating group) is 1. The first kappa shape index (κ1) is 31.4. The Morgan fingerprint density at radius 1 is 1.05 bits per heavy atom. The Bertz CT molecular complexity index is 823. The van der Waals surface area contributed by atoms with Crippen LogP contribution in [0.25, 0.3) is 0 Å². The van der Waals surface area contributed by atoms with E-state index in [0.717, 1.165) is 0 Å². The van der Waals surface area contributed by atoms with Gasteiger partial charge in [-0.1, -0.05) is 52.0 Å². The van der Waals surface area contributed by atoms with Crippen LogP contribution in [0.4, 0.5) is 0 Å². The van der Waals surface area contributed by atoms with Gasteiger partial charge in [0.15, 0.2) is 12.1 Å². The van der Waals surface area contributed by atoms with Crippen LogP contribution in [0.5, 0.6) is 0 Å². The molecule has 0 spiro atoms. The van der Waals surface area contributed by atoms with E-state index in [1.54, 1.807) is 24.3 Å². The summed E-state index contributed by atoms with van der Waals surface area (Å²) in [5.74, 6) is -1.41. The third-order valence-corrected chi connectivity index (χ3v) is 7.48. The average Bonchev–Trinajstić information content (AvgIpc) is 2.85. The summed E-state index contributed by atoms with van der Waals surface area (Å²) in [5, 5.41) is 20.8. The number of cyclic esters (lactones) is 1. The van der Waals surface area contributed by atoms with Gasteiger partial charge in [-0.15, -0.1) is 0 Å². The van der Waals surface area contributed by atoms with Crippen molar-refractivity contribution in [3.05, 3.63) is 36.5 Å². The minimum atomic E-state index is -0.839. The molecule has 0 aromatic rings. The summed E-state index contributed by atoms with van der Waals surface area (Å²) in [6, 6.07) is -0.111. The van der Waals surface area contributed by atoms with Gasteiger partial charge in [0.2, 0.25) is 0 Å². The van der Waals surface area contributed by atoms with Crippen molar-refractivity contribution in [2.45, 2.75) is 90.6 Å². The molecule has 1 fully saturated rings. The Morgan fingerprint density at radius 3 is 2.38 bits per heavy atom. The van der Waals surface area contributed by atoms with Crippen molar-refractivity contribution in [2.75, 3.05) is 20.7 Å². The van der Waals surface area contributed by atoms with Crippen molar-refractivity contribution in [3.8, 4) is 0 Å². The highest BCUT2D eigenvalue weighted by molar-refractivity contribution is 5.91. The fourth-order valence-corrected chi connectivity index (χ4v) is 5.22. The fourth-order valence-electron chi connectivity index (χ4n) is 5.22. The molecule has 0 aromatic carbocycles. The number of ether oxygens (including phenoxy) is 3. The Hall–Kier alpha value is -1.84. The molecule has 0 amide bonds. The molecule has 2 N–H and O–H groups in total. The lowest BCUT2D eigenvalue weighted by Gasteiger charge is -2.43. The van der Waals surface area contributed by atoms with Crippen molar-refractivity contribution in [3.63, 3.8) is 0 Å². The van der Waals surface area contributed by atoms with E-state index in [9.17, 15) is 19.8 Å². The number of hydrogen-bond acceptors (Lipinski definition) is 8. The maximum Gasteiger partial charge on any atom is 0.330 e. The normalized spacial score (nSPS) is 41.2. The predicted octanol–water partition coefficient (Wildman–Crippen LogP) is 3.28. The van der Waals surface area contributed by atoms with Crippen molar-refractivity contribution in [2.24, 2.45) is 23.7 Å². The van der Waals surface area contributed by atoms with E-state index < -0.39 is 30.6 Å². The molecule has 2 rings (SSSR count). The molecule has 210 valence electrons. The van der Waals surface area contributed by atoms with Crippen LogP contribution in [0, 0.1) is 23.7 Å². The lowest BCUT2D eigenvalue weighted by atomic mass is 9.84. The van der Waals surface area contributed by atoms with E-state index in [1.165, 1.54) is 12.2 Å². The molecule has 1 saturated heterocycles. The van der Waals surface area contributed by atoms with Gasteiger partial charge in [-0.2, -0.15) is 0 Å². The fraction of sp³-hybridized carbons (Fsp3) is 0.724. The lowest BCUT2D eigenvalue weighted by Crippen LogP contribution is -2.55. The second-order valence-electron chi connectivity index (χ2n) is 10.9. The number of carbonyl (C=O) groups is 2. The van der Waals surface area contributed by atoms with Gasteiger partial charge in [0.25, 0.3) is 0 Å². The van der Waals surface area contributed by atoms with Crippen LogP contribution in [0.2, 0.25) is 0 Å². The molecule has 0 saturated carbocycles. The molecule has 8 nitrogen and oxygen atoms in total. The van der Waals surface area contributed by atoms with Crippen LogP contribution in [0.1, 0.15) is 53.9 Å². The van der Waals surface area contributed by atoms with Crippen molar-refractivity contribution >= 4 is 11.8 Å². The maximum absolute atomic E-state index is 12.8. The molecule has 2 aliphatic rings. The molecule has 10 atom stereocenters. The van der Waals surface area contributed by atoms with Crippen LogP contribution >= 0.6 is 0 Å². The number of aliphatic hydroxyl groups is 2. The quantitative estimate of drug-likeness (QED) is 0.531. The highest BCUT2D eigenvalue weighted by Gasteiger charge is 2.40. The number of allylic oxidation sites excluding steroid dienone is 3. The second-order valence-corrected chi connectivity index (χ2v) is 10.9. The van der Waals surface area contributed by atoms with Gasteiger partial charge in [-0.05, 0) is 52.3 Å². The van der Waals surface area contributed by atoms with Crippen molar-refractivity contribution < 1.29 is 34.0 Å². The summed E-state index contributed by atoms with van der Waals surface area (Å²) in [6.45, 7) is 9.54. The standard InChI is InChI=1S/C29H47NO7/c1-8-25-22(17-31)11-9-10-12-24(32)19(3)15-20(4)28(18(2)13-14-26(33)36-25)37-29-27(34)23(30(6)7)16-21(5)35-29/h9-14,18-23,25,27-29,31,34H,8,15-17H2,1-7H3/b11-9+,12-10+,14-13+/t18-,19+,20-,21-,22+,23-,25+,27-,28+,29-/m0/s1. The van der Waals surface area contributed by atoms with Crippen LogP contribution in [0.3, 0.4) is 0 Å². The predicted molar refractivity (Wildman–Crippen MR) is 143 cm³/mol. The van der Waals surface area contributed by atoms with Gasteiger partial charge >= 0.3 is 5.97 Å². The van der Waals surface area contributed by atoms with Crippen LogP contribution in [-0.4, -0.2) is 84.3 Å². The third kappa shape index (κ3) is 9.14. The first-order valence-electron chi connectivity index (χ1n) is 13.5. The van der Waals surface area contributed by atoms with Gasteiger partial charge in [-0.3, -0.25) is 4.79 Å². The third-order valence-electron chi connectivity index (χ3n) is 7.48. The van der Waals surface area contributed by atoms with E-state index in [4.69, 9.17) is 14.2 Å². The monoisotopic (exact) mass is 521 g/mol. The summed E-state index contributed by atoms with van der Waals surface area (Å²) >= 11 is 0. The van der Waals surface area contributed by atoms with Crippen LogP contribution in [0.15, 0.2) is 36.5 Å². The van der Waals surface area contributed by atoms with Gasteiger partial charge < -0.3 is 29.3 Å². The van der Waals surface area contributed by atoms with E-state index in [1.807, 2.05) is 53.6 Å². The second kappa shape index (κ2) is 14.9. The Balaban J connectivity index is 2.35. The number of nitrogens with zero attached hydrogens (tertiary/aromatic N) is 1.